The van der Waals surface area contributed by atoms with E-state index in [9.17, 15) is 14.0 Å². The Morgan fingerprint density at radius 1 is 1.00 bits per heavy atom. The monoisotopic (exact) mass is 370 g/mol. The van der Waals surface area contributed by atoms with Crippen molar-refractivity contribution < 1.29 is 14.0 Å². The van der Waals surface area contributed by atoms with E-state index < -0.39 is 17.6 Å². The largest absolute Gasteiger partial charge is 0.360 e. The van der Waals surface area contributed by atoms with Gasteiger partial charge in [-0.2, -0.15) is 0 Å². The number of nitrogens with zero attached hydrogens (tertiary/aromatic N) is 2. The Morgan fingerprint density at radius 3 is 2.04 bits per heavy atom. The lowest BCUT2D eigenvalue weighted by Crippen LogP contribution is -2.33. The first-order valence-electron chi connectivity index (χ1n) is 7.93. The second-order valence-electron chi connectivity index (χ2n) is 5.70. The SMILES string of the molecule is C=CCN(CC=C)c1c(N2C(=O)c3ccccc3C2=O)ccc(Cl)c1F. The molecular weight excluding hydrogens is 355 g/mol. The molecule has 0 N–H and O–H groups in total. The summed E-state index contributed by atoms with van der Waals surface area (Å²) >= 11 is 5.96. The number of carbonyl (C=O) groups excluding carboxylic acids is 2. The Kier molecular flexibility index (Phi) is 4.91. The Bertz CT molecular complexity index is 881. The molecule has 2 amide bonds. The van der Waals surface area contributed by atoms with Gasteiger partial charge in [0, 0.05) is 13.1 Å². The summed E-state index contributed by atoms with van der Waals surface area (Å²) in [7, 11) is 0. The van der Waals surface area contributed by atoms with Crippen LogP contribution in [0, 0.1) is 5.82 Å². The van der Waals surface area contributed by atoms with Crippen molar-refractivity contribution in [3.8, 4) is 0 Å². The van der Waals surface area contributed by atoms with Gasteiger partial charge in [0.05, 0.1) is 27.5 Å². The van der Waals surface area contributed by atoms with Crippen molar-refractivity contribution in [2.45, 2.75) is 0 Å². The molecule has 1 aliphatic rings. The van der Waals surface area contributed by atoms with Crippen molar-refractivity contribution in [1.29, 1.82) is 0 Å². The van der Waals surface area contributed by atoms with E-state index in [1.165, 1.54) is 12.1 Å². The number of hydrogen-bond acceptors (Lipinski definition) is 3. The summed E-state index contributed by atoms with van der Waals surface area (Å²) < 4.78 is 14.9. The number of carbonyl (C=O) groups is 2. The molecule has 3 rings (SSSR count). The van der Waals surface area contributed by atoms with Crippen molar-refractivity contribution in [3.63, 3.8) is 0 Å². The number of benzene rings is 2. The van der Waals surface area contributed by atoms with Gasteiger partial charge < -0.3 is 4.90 Å². The fraction of sp³-hybridized carbons (Fsp3) is 0.100. The first-order valence-corrected chi connectivity index (χ1v) is 8.31. The number of halogens is 2. The molecule has 1 heterocycles. The van der Waals surface area contributed by atoms with Gasteiger partial charge in [0.15, 0.2) is 5.82 Å². The lowest BCUT2D eigenvalue weighted by Gasteiger charge is -2.28. The number of fused-ring (bicyclic) bond motifs is 1. The smallest absolute Gasteiger partial charge is 0.266 e. The molecule has 0 fully saturated rings. The summed E-state index contributed by atoms with van der Waals surface area (Å²) in [5, 5.41) is -0.0986. The highest BCUT2D eigenvalue weighted by Crippen LogP contribution is 2.39. The Balaban J connectivity index is 2.19. The maximum Gasteiger partial charge on any atom is 0.266 e. The molecule has 0 unspecified atom stereocenters. The molecule has 0 aliphatic carbocycles. The number of rotatable bonds is 6. The molecule has 132 valence electrons. The van der Waals surface area contributed by atoms with Crippen molar-refractivity contribution in [2.24, 2.45) is 0 Å². The summed E-state index contributed by atoms with van der Waals surface area (Å²) in [5.41, 5.74) is 0.782. The molecule has 26 heavy (non-hydrogen) atoms. The molecular formula is C20H16ClFN2O2. The lowest BCUT2D eigenvalue weighted by molar-refractivity contribution is 0.0926. The third kappa shape index (κ3) is 2.80. The molecule has 6 heteroatoms. The Labute approximate surface area is 155 Å². The van der Waals surface area contributed by atoms with Crippen LogP contribution in [0.3, 0.4) is 0 Å². The highest BCUT2D eigenvalue weighted by atomic mass is 35.5. The normalized spacial score (nSPS) is 12.9. The lowest BCUT2D eigenvalue weighted by atomic mass is 10.1. The molecule has 2 aromatic carbocycles. The van der Waals surface area contributed by atoms with E-state index in [4.69, 9.17) is 11.6 Å². The van der Waals surface area contributed by atoms with Crippen LogP contribution in [0.2, 0.25) is 5.02 Å². The van der Waals surface area contributed by atoms with Gasteiger partial charge in [0.25, 0.3) is 11.8 Å². The minimum Gasteiger partial charge on any atom is -0.360 e. The molecule has 0 spiro atoms. The van der Waals surface area contributed by atoms with Gasteiger partial charge >= 0.3 is 0 Å². The minimum atomic E-state index is -0.704. The first-order chi connectivity index (χ1) is 12.5. The van der Waals surface area contributed by atoms with E-state index in [0.29, 0.717) is 13.1 Å². The fourth-order valence-electron chi connectivity index (χ4n) is 2.99. The quantitative estimate of drug-likeness (QED) is 0.557. The molecule has 0 bridgehead atoms. The van der Waals surface area contributed by atoms with Crippen molar-refractivity contribution >= 4 is 34.8 Å². The third-order valence-electron chi connectivity index (χ3n) is 4.10. The minimum absolute atomic E-state index is 0.0619. The van der Waals surface area contributed by atoms with Crippen LogP contribution in [-0.4, -0.2) is 24.9 Å². The average Bonchev–Trinajstić information content (AvgIpc) is 2.89. The molecule has 1 aliphatic heterocycles. The molecule has 0 saturated carbocycles. The van der Waals surface area contributed by atoms with Crippen LogP contribution in [0.4, 0.5) is 15.8 Å². The highest BCUT2D eigenvalue weighted by molar-refractivity contribution is 6.36. The maximum absolute atomic E-state index is 14.9. The van der Waals surface area contributed by atoms with Gasteiger partial charge in [-0.1, -0.05) is 35.9 Å². The van der Waals surface area contributed by atoms with Gasteiger partial charge in [0.1, 0.15) is 0 Å². The molecule has 2 aromatic rings. The summed E-state index contributed by atoms with van der Waals surface area (Å²) in [6.07, 6.45) is 3.19. The zero-order valence-electron chi connectivity index (χ0n) is 13.9. The van der Waals surface area contributed by atoms with Crippen LogP contribution in [-0.2, 0) is 0 Å². The second-order valence-corrected chi connectivity index (χ2v) is 6.11. The van der Waals surface area contributed by atoms with Crippen LogP contribution >= 0.6 is 11.6 Å². The summed E-state index contributed by atoms with van der Waals surface area (Å²) in [6.45, 7) is 7.92. The zero-order chi connectivity index (χ0) is 18.8. The summed E-state index contributed by atoms with van der Waals surface area (Å²) in [6, 6.07) is 9.32. The van der Waals surface area contributed by atoms with E-state index in [0.717, 1.165) is 4.90 Å². The zero-order valence-corrected chi connectivity index (χ0v) is 14.7. The summed E-state index contributed by atoms with van der Waals surface area (Å²) in [4.78, 5) is 28.2. The number of anilines is 2. The topological polar surface area (TPSA) is 40.6 Å². The summed E-state index contributed by atoms with van der Waals surface area (Å²) in [5.74, 6) is -1.69. The number of hydrogen-bond donors (Lipinski definition) is 0. The van der Waals surface area contributed by atoms with Gasteiger partial charge in [0.2, 0.25) is 0 Å². The molecule has 4 nitrogen and oxygen atoms in total. The molecule has 0 atom stereocenters. The number of imide groups is 1. The van der Waals surface area contributed by atoms with E-state index in [2.05, 4.69) is 13.2 Å². The molecule has 0 aromatic heterocycles. The molecule has 0 radical (unpaired) electrons. The van der Waals surface area contributed by atoms with Gasteiger partial charge in [-0.05, 0) is 24.3 Å². The van der Waals surface area contributed by atoms with E-state index in [1.807, 2.05) is 0 Å². The predicted octanol–water partition coefficient (Wildman–Crippen LogP) is 4.46. The Hall–Kier alpha value is -2.92. The van der Waals surface area contributed by atoms with E-state index in [1.54, 1.807) is 41.3 Å². The maximum atomic E-state index is 14.9. The second kappa shape index (κ2) is 7.14. The van der Waals surface area contributed by atoms with Crippen LogP contribution in [0.25, 0.3) is 0 Å². The van der Waals surface area contributed by atoms with Gasteiger partial charge in [-0.3, -0.25) is 9.59 Å². The first kappa shape index (κ1) is 17.9. The molecule has 0 saturated heterocycles. The average molecular weight is 371 g/mol. The van der Waals surface area contributed by atoms with Gasteiger partial charge in [-0.15, -0.1) is 13.2 Å². The van der Waals surface area contributed by atoms with Crippen LogP contribution in [0.15, 0.2) is 61.7 Å². The standard InChI is InChI=1S/C20H16ClFN2O2/c1-3-11-23(12-4-2)18-16(10-9-15(21)17(18)22)24-19(25)13-7-5-6-8-14(13)20(24)26/h3-10H,1-2,11-12H2. The predicted molar refractivity (Wildman–Crippen MR) is 102 cm³/mol. The number of amides is 2. The Morgan fingerprint density at radius 2 is 1.54 bits per heavy atom. The fourth-order valence-corrected chi connectivity index (χ4v) is 3.14. The third-order valence-corrected chi connectivity index (χ3v) is 4.39. The van der Waals surface area contributed by atoms with Crippen LogP contribution in [0.1, 0.15) is 20.7 Å². The van der Waals surface area contributed by atoms with Crippen molar-refractivity contribution in [2.75, 3.05) is 22.9 Å². The van der Waals surface area contributed by atoms with E-state index in [-0.39, 0.29) is 27.5 Å². The van der Waals surface area contributed by atoms with E-state index >= 15 is 0 Å². The highest BCUT2D eigenvalue weighted by Gasteiger charge is 2.38. The van der Waals surface area contributed by atoms with Crippen LogP contribution < -0.4 is 9.80 Å². The van der Waals surface area contributed by atoms with Crippen LogP contribution in [0.5, 0.6) is 0 Å². The van der Waals surface area contributed by atoms with Crippen molar-refractivity contribution in [3.05, 3.63) is 83.7 Å². The van der Waals surface area contributed by atoms with Gasteiger partial charge in [-0.25, -0.2) is 9.29 Å². The van der Waals surface area contributed by atoms with Crippen molar-refractivity contribution in [1.82, 2.24) is 0 Å².